The standard InChI is InChI=1S/C18H18ClN5O/c1-12-11-25-8-7-24(12)16-5-4-14(9-15(16)19)22-18-21-10-13-3-2-6-20-17(13)23-18/h2-6,9-10,12H,7-8,11H2,1H3,(H,20,21,22,23). The molecule has 128 valence electrons. The van der Waals surface area contributed by atoms with E-state index in [9.17, 15) is 0 Å². The lowest BCUT2D eigenvalue weighted by Crippen LogP contribution is -2.43. The van der Waals surface area contributed by atoms with Gasteiger partial charge < -0.3 is 15.0 Å². The average molecular weight is 356 g/mol. The summed E-state index contributed by atoms with van der Waals surface area (Å²) < 4.78 is 5.49. The second-order valence-electron chi connectivity index (χ2n) is 6.02. The number of morpholine rings is 1. The molecule has 0 saturated carbocycles. The summed E-state index contributed by atoms with van der Waals surface area (Å²) in [5.41, 5.74) is 2.51. The van der Waals surface area contributed by atoms with Gasteiger partial charge in [-0.1, -0.05) is 11.6 Å². The van der Waals surface area contributed by atoms with Crippen molar-refractivity contribution < 1.29 is 4.74 Å². The van der Waals surface area contributed by atoms with E-state index in [-0.39, 0.29) is 0 Å². The molecule has 3 heterocycles. The van der Waals surface area contributed by atoms with Gasteiger partial charge in [-0.15, -0.1) is 0 Å². The van der Waals surface area contributed by atoms with E-state index in [0.29, 0.717) is 29.3 Å². The Morgan fingerprint density at radius 3 is 3.04 bits per heavy atom. The van der Waals surface area contributed by atoms with Crippen molar-refractivity contribution >= 4 is 40.0 Å². The lowest BCUT2D eigenvalue weighted by molar-refractivity contribution is 0.0989. The fraction of sp³-hybridized carbons (Fsp3) is 0.278. The number of benzene rings is 1. The predicted octanol–water partition coefficient (Wildman–Crippen LogP) is 3.65. The molecular formula is C18H18ClN5O. The lowest BCUT2D eigenvalue weighted by atomic mass is 10.2. The Morgan fingerprint density at radius 1 is 1.28 bits per heavy atom. The number of hydrogen-bond acceptors (Lipinski definition) is 6. The van der Waals surface area contributed by atoms with Crippen molar-refractivity contribution in [2.24, 2.45) is 0 Å². The van der Waals surface area contributed by atoms with Gasteiger partial charge in [0.25, 0.3) is 0 Å². The molecule has 6 nitrogen and oxygen atoms in total. The zero-order valence-electron chi connectivity index (χ0n) is 13.8. The van der Waals surface area contributed by atoms with Crippen LogP contribution in [0.1, 0.15) is 6.92 Å². The van der Waals surface area contributed by atoms with E-state index in [2.05, 4.69) is 32.1 Å². The number of pyridine rings is 1. The molecule has 1 fully saturated rings. The highest BCUT2D eigenvalue weighted by Gasteiger charge is 2.21. The number of nitrogens with one attached hydrogen (secondary N) is 1. The fourth-order valence-corrected chi connectivity index (χ4v) is 3.24. The van der Waals surface area contributed by atoms with E-state index in [1.165, 1.54) is 0 Å². The van der Waals surface area contributed by atoms with Gasteiger partial charge >= 0.3 is 0 Å². The first-order chi connectivity index (χ1) is 12.2. The second-order valence-corrected chi connectivity index (χ2v) is 6.43. The van der Waals surface area contributed by atoms with E-state index >= 15 is 0 Å². The molecule has 0 spiro atoms. The van der Waals surface area contributed by atoms with Gasteiger partial charge in [0.2, 0.25) is 5.95 Å². The third-order valence-electron chi connectivity index (χ3n) is 4.24. The van der Waals surface area contributed by atoms with Crippen molar-refractivity contribution in [2.45, 2.75) is 13.0 Å². The van der Waals surface area contributed by atoms with E-state index in [1.54, 1.807) is 12.4 Å². The molecule has 1 unspecified atom stereocenters. The van der Waals surface area contributed by atoms with Crippen LogP contribution in [0.4, 0.5) is 17.3 Å². The first-order valence-electron chi connectivity index (χ1n) is 8.19. The Kier molecular flexibility index (Phi) is 4.38. The van der Waals surface area contributed by atoms with Crippen LogP contribution in [0.2, 0.25) is 5.02 Å². The van der Waals surface area contributed by atoms with Crippen LogP contribution in [0.5, 0.6) is 0 Å². The normalized spacial score (nSPS) is 17.7. The largest absolute Gasteiger partial charge is 0.377 e. The van der Waals surface area contributed by atoms with E-state index in [0.717, 1.165) is 29.9 Å². The molecule has 2 aromatic heterocycles. The third-order valence-corrected chi connectivity index (χ3v) is 4.54. The van der Waals surface area contributed by atoms with Crippen LogP contribution in [0, 0.1) is 0 Å². The molecule has 1 aliphatic heterocycles. The van der Waals surface area contributed by atoms with Gasteiger partial charge in [0.15, 0.2) is 5.65 Å². The van der Waals surface area contributed by atoms with Crippen molar-refractivity contribution in [1.82, 2.24) is 15.0 Å². The lowest BCUT2D eigenvalue weighted by Gasteiger charge is -2.35. The topological polar surface area (TPSA) is 63.2 Å². The third kappa shape index (κ3) is 3.36. The van der Waals surface area contributed by atoms with Gasteiger partial charge in [0.05, 0.1) is 23.9 Å². The molecule has 3 aromatic rings. The SMILES string of the molecule is CC1COCCN1c1ccc(Nc2ncc3cccnc3n2)cc1Cl. The molecule has 0 bridgehead atoms. The van der Waals surface area contributed by atoms with Crippen molar-refractivity contribution in [1.29, 1.82) is 0 Å². The minimum Gasteiger partial charge on any atom is -0.377 e. The Bertz CT molecular complexity index is 904. The van der Waals surface area contributed by atoms with Crippen LogP contribution in [0.25, 0.3) is 11.0 Å². The zero-order chi connectivity index (χ0) is 17.2. The van der Waals surface area contributed by atoms with Crippen LogP contribution in [-0.4, -0.2) is 40.8 Å². The maximum Gasteiger partial charge on any atom is 0.229 e. The quantitative estimate of drug-likeness (QED) is 0.773. The summed E-state index contributed by atoms with van der Waals surface area (Å²) in [6.45, 7) is 4.41. The van der Waals surface area contributed by atoms with Gasteiger partial charge in [0, 0.05) is 36.1 Å². The second kappa shape index (κ2) is 6.82. The van der Waals surface area contributed by atoms with Gasteiger partial charge in [-0.05, 0) is 37.3 Å². The number of fused-ring (bicyclic) bond motifs is 1. The summed E-state index contributed by atoms with van der Waals surface area (Å²) in [7, 11) is 0. The average Bonchev–Trinajstić information content (AvgIpc) is 2.63. The zero-order valence-corrected chi connectivity index (χ0v) is 14.6. The smallest absolute Gasteiger partial charge is 0.229 e. The van der Waals surface area contributed by atoms with Gasteiger partial charge in [-0.2, -0.15) is 4.98 Å². The number of aromatic nitrogens is 3. The molecule has 0 radical (unpaired) electrons. The van der Waals surface area contributed by atoms with Crippen molar-refractivity contribution in [2.75, 3.05) is 30.0 Å². The van der Waals surface area contributed by atoms with Gasteiger partial charge in [-0.3, -0.25) is 0 Å². The maximum absolute atomic E-state index is 6.51. The molecule has 7 heteroatoms. The molecule has 1 aromatic carbocycles. The Labute approximate surface area is 150 Å². The highest BCUT2D eigenvalue weighted by atomic mass is 35.5. The van der Waals surface area contributed by atoms with Crippen molar-refractivity contribution in [3.05, 3.63) is 47.7 Å². The predicted molar refractivity (Wildman–Crippen MR) is 99.7 cm³/mol. The van der Waals surface area contributed by atoms with Gasteiger partial charge in [0.1, 0.15) is 0 Å². The minimum absolute atomic E-state index is 0.306. The number of ether oxygens (including phenoxy) is 1. The van der Waals surface area contributed by atoms with Crippen LogP contribution in [0.3, 0.4) is 0 Å². The summed E-state index contributed by atoms with van der Waals surface area (Å²) in [4.78, 5) is 15.3. The first-order valence-corrected chi connectivity index (χ1v) is 8.57. The Hall–Kier alpha value is -2.44. The molecule has 1 saturated heterocycles. The molecule has 1 N–H and O–H groups in total. The van der Waals surface area contributed by atoms with Crippen molar-refractivity contribution in [3.8, 4) is 0 Å². The molecule has 1 atom stereocenters. The minimum atomic E-state index is 0.306. The van der Waals surface area contributed by atoms with Gasteiger partial charge in [-0.25, -0.2) is 9.97 Å². The van der Waals surface area contributed by atoms with E-state index in [1.807, 2.05) is 30.3 Å². The molecule has 0 amide bonds. The molecular weight excluding hydrogens is 338 g/mol. The summed E-state index contributed by atoms with van der Waals surface area (Å²) in [6, 6.07) is 10.00. The Balaban J connectivity index is 1.57. The number of anilines is 3. The summed E-state index contributed by atoms with van der Waals surface area (Å²) >= 11 is 6.51. The van der Waals surface area contributed by atoms with Crippen LogP contribution >= 0.6 is 11.6 Å². The number of halogens is 1. The molecule has 0 aliphatic carbocycles. The first kappa shape index (κ1) is 16.1. The summed E-state index contributed by atoms with van der Waals surface area (Å²) in [5.74, 6) is 0.495. The molecule has 4 rings (SSSR count). The number of rotatable bonds is 3. The van der Waals surface area contributed by atoms with Crippen LogP contribution in [0.15, 0.2) is 42.7 Å². The number of nitrogens with zero attached hydrogens (tertiary/aromatic N) is 4. The maximum atomic E-state index is 6.51. The molecule has 25 heavy (non-hydrogen) atoms. The van der Waals surface area contributed by atoms with E-state index in [4.69, 9.17) is 16.3 Å². The molecule has 1 aliphatic rings. The Morgan fingerprint density at radius 2 is 2.20 bits per heavy atom. The highest BCUT2D eigenvalue weighted by Crippen LogP contribution is 2.31. The monoisotopic (exact) mass is 355 g/mol. The fourth-order valence-electron chi connectivity index (χ4n) is 2.96. The van der Waals surface area contributed by atoms with Crippen LogP contribution in [-0.2, 0) is 4.74 Å². The van der Waals surface area contributed by atoms with E-state index < -0.39 is 0 Å². The number of hydrogen-bond donors (Lipinski definition) is 1. The summed E-state index contributed by atoms with van der Waals surface area (Å²) in [6.07, 6.45) is 3.47. The van der Waals surface area contributed by atoms with Crippen LogP contribution < -0.4 is 10.2 Å². The highest BCUT2D eigenvalue weighted by molar-refractivity contribution is 6.33. The summed E-state index contributed by atoms with van der Waals surface area (Å²) in [5, 5.41) is 4.79. The van der Waals surface area contributed by atoms with Crippen molar-refractivity contribution in [3.63, 3.8) is 0 Å².